The van der Waals surface area contributed by atoms with E-state index in [1.165, 1.54) is 40.3 Å². The maximum Gasteiger partial charge on any atom is -0.0456 e. The van der Waals surface area contributed by atoms with Crippen molar-refractivity contribution in [3.05, 3.63) is 65.8 Å². The number of benzene rings is 1. The van der Waals surface area contributed by atoms with Crippen LogP contribution in [0.4, 0.5) is 0 Å². The zero-order valence-corrected chi connectivity index (χ0v) is 15.2. The van der Waals surface area contributed by atoms with Crippen LogP contribution in [0.3, 0.4) is 0 Å². The van der Waals surface area contributed by atoms with Crippen molar-refractivity contribution in [2.45, 2.75) is 46.0 Å². The van der Waals surface area contributed by atoms with Crippen molar-refractivity contribution in [2.24, 2.45) is 0 Å². The van der Waals surface area contributed by atoms with Crippen LogP contribution in [0, 0.1) is 6.08 Å². The summed E-state index contributed by atoms with van der Waals surface area (Å²) in [5.41, 5.74) is 3.23. The number of aryl methyl sites for hydroxylation is 2. The molecule has 112 valence electrons. The molecule has 0 spiro atoms. The van der Waals surface area contributed by atoms with Gasteiger partial charge >= 0.3 is 37.6 Å². The first-order valence-corrected chi connectivity index (χ1v) is 8.86. The molecule has 1 heteroatoms. The van der Waals surface area contributed by atoms with E-state index in [4.69, 9.17) is 0 Å². The zero-order chi connectivity index (χ0) is 15.8. The van der Waals surface area contributed by atoms with Gasteiger partial charge in [-0.1, -0.05) is 25.3 Å². The molecule has 2 aromatic carbocycles. The summed E-state index contributed by atoms with van der Waals surface area (Å²) in [6.07, 6.45) is 15.3. The molecule has 0 aliphatic heterocycles. The van der Waals surface area contributed by atoms with E-state index in [2.05, 4.69) is 76.3 Å². The molecule has 0 nitrogen and oxygen atoms in total. The summed E-state index contributed by atoms with van der Waals surface area (Å²) in [6, 6.07) is 11.2. The summed E-state index contributed by atoms with van der Waals surface area (Å²) >= 11 is 2.08. The average molecular weight is 324 g/mol. The molecule has 0 atom stereocenters. The first-order valence-electron chi connectivity index (χ1n) is 8.08. The standard InChI is InChI=1S/C13H13.C5H5.C3H6.Ti/c1-3-7-12-10(5-1)9-11-6-2-4-8-13(11)12;1-2-4-5-3-1;1-3-2;/h1,3,5,7,9H,2,4,6,8H2;1-3H,4H2;1-2H3;/q2*-1;;+2. The summed E-state index contributed by atoms with van der Waals surface area (Å²) in [5.74, 6) is 0. The molecule has 0 saturated carbocycles. The van der Waals surface area contributed by atoms with Gasteiger partial charge in [-0.25, -0.2) is 12.2 Å². The van der Waals surface area contributed by atoms with Gasteiger partial charge in [-0.15, -0.1) is 47.0 Å². The molecule has 4 rings (SSSR count). The summed E-state index contributed by atoms with van der Waals surface area (Å²) in [5, 5.41) is 2.94. The molecular weight excluding hydrogens is 300 g/mol. The van der Waals surface area contributed by atoms with Gasteiger partial charge in [0.15, 0.2) is 0 Å². The largest absolute Gasteiger partial charge is 0.273 e. The second kappa shape index (κ2) is 9.13. The number of hydrogen-bond acceptors (Lipinski definition) is 0. The Morgan fingerprint density at radius 1 is 1.14 bits per heavy atom. The van der Waals surface area contributed by atoms with Gasteiger partial charge in [-0.2, -0.15) is 11.6 Å². The minimum absolute atomic E-state index is 1.01. The van der Waals surface area contributed by atoms with E-state index in [1.54, 1.807) is 11.1 Å². The van der Waals surface area contributed by atoms with Crippen LogP contribution in [0.5, 0.6) is 0 Å². The summed E-state index contributed by atoms with van der Waals surface area (Å²) in [6.45, 7) is 4.17. The Morgan fingerprint density at radius 2 is 1.86 bits per heavy atom. The predicted molar refractivity (Wildman–Crippen MR) is 94.1 cm³/mol. The molecule has 0 radical (unpaired) electrons. The van der Waals surface area contributed by atoms with E-state index in [-0.39, 0.29) is 0 Å². The second-order valence-corrected chi connectivity index (χ2v) is 7.51. The minimum atomic E-state index is 1.01. The molecular formula is C21H24Ti. The number of allylic oxidation sites excluding steroid dienone is 4. The molecule has 0 amide bonds. The van der Waals surface area contributed by atoms with Crippen LogP contribution < -0.4 is 0 Å². The first kappa shape index (κ1) is 17.3. The van der Waals surface area contributed by atoms with Gasteiger partial charge in [0.1, 0.15) is 0 Å². The normalized spacial score (nSPS) is 14.7. The number of hydrogen-bond donors (Lipinski definition) is 0. The predicted octanol–water partition coefficient (Wildman–Crippen LogP) is 5.49. The minimum Gasteiger partial charge on any atom is -0.273 e. The molecule has 0 aromatic heterocycles. The molecule has 0 saturated heterocycles. The van der Waals surface area contributed by atoms with Gasteiger partial charge in [-0.05, 0) is 6.42 Å². The van der Waals surface area contributed by atoms with Gasteiger partial charge in [0.2, 0.25) is 0 Å². The Hall–Kier alpha value is -1.11. The van der Waals surface area contributed by atoms with Gasteiger partial charge < -0.3 is 0 Å². The first-order chi connectivity index (χ1) is 10.7. The Bertz CT molecular complexity index is 656. The quantitative estimate of drug-likeness (QED) is 0.444. The molecule has 0 unspecified atom stereocenters. The summed E-state index contributed by atoms with van der Waals surface area (Å²) < 4.78 is 1.42. The van der Waals surface area contributed by atoms with E-state index in [1.807, 2.05) is 12.2 Å². The molecule has 2 aliphatic carbocycles. The summed E-state index contributed by atoms with van der Waals surface area (Å²) in [4.78, 5) is 0. The van der Waals surface area contributed by atoms with Crippen LogP contribution >= 0.6 is 0 Å². The topological polar surface area (TPSA) is 0 Å². The van der Waals surface area contributed by atoms with Crippen LogP contribution in [0.25, 0.3) is 10.8 Å². The molecule has 0 fully saturated rings. The van der Waals surface area contributed by atoms with Crippen molar-refractivity contribution in [1.82, 2.24) is 0 Å². The Morgan fingerprint density at radius 3 is 2.50 bits per heavy atom. The third kappa shape index (κ3) is 5.27. The summed E-state index contributed by atoms with van der Waals surface area (Å²) in [7, 11) is 0. The molecule has 0 bridgehead atoms. The van der Waals surface area contributed by atoms with Crippen LogP contribution in [-0.2, 0) is 32.8 Å². The Kier molecular flexibility index (Phi) is 7.16. The van der Waals surface area contributed by atoms with E-state index in [9.17, 15) is 0 Å². The molecule has 2 aromatic rings. The maximum atomic E-state index is 2.99. The van der Waals surface area contributed by atoms with Gasteiger partial charge in [0, 0.05) is 0 Å². The van der Waals surface area contributed by atoms with Crippen LogP contribution in [0.2, 0.25) is 0 Å². The van der Waals surface area contributed by atoms with Crippen molar-refractivity contribution in [1.29, 1.82) is 0 Å². The van der Waals surface area contributed by atoms with Crippen LogP contribution in [-0.4, -0.2) is 3.81 Å². The molecule has 2 aliphatic rings. The van der Waals surface area contributed by atoms with E-state index >= 15 is 0 Å². The van der Waals surface area contributed by atoms with Crippen molar-refractivity contribution >= 4 is 14.6 Å². The van der Waals surface area contributed by atoms with Crippen molar-refractivity contribution < 1.29 is 20.0 Å². The van der Waals surface area contributed by atoms with Crippen molar-refractivity contribution in [3.63, 3.8) is 0 Å². The van der Waals surface area contributed by atoms with Crippen LogP contribution in [0.1, 0.15) is 44.2 Å². The van der Waals surface area contributed by atoms with Gasteiger partial charge in [-0.3, -0.25) is 6.08 Å². The van der Waals surface area contributed by atoms with E-state index < -0.39 is 0 Å². The van der Waals surface area contributed by atoms with Gasteiger partial charge in [0.25, 0.3) is 0 Å². The molecule has 0 heterocycles. The van der Waals surface area contributed by atoms with E-state index in [0.717, 1.165) is 6.42 Å². The fourth-order valence-corrected chi connectivity index (χ4v) is 2.82. The molecule has 22 heavy (non-hydrogen) atoms. The maximum absolute atomic E-state index is 2.99. The Labute approximate surface area is 146 Å². The third-order valence-corrected chi connectivity index (χ3v) is 3.71. The zero-order valence-electron chi connectivity index (χ0n) is 13.7. The monoisotopic (exact) mass is 324 g/mol. The van der Waals surface area contributed by atoms with Crippen LogP contribution in [0.15, 0.2) is 48.6 Å². The van der Waals surface area contributed by atoms with Gasteiger partial charge in [0.05, 0.1) is 0 Å². The Balaban J connectivity index is 0.000000163. The average Bonchev–Trinajstić information content (AvgIpc) is 3.18. The fourth-order valence-electron chi connectivity index (χ4n) is 2.82. The fraction of sp³-hybridized carbons (Fsp3) is 0.333. The van der Waals surface area contributed by atoms with Crippen molar-refractivity contribution in [3.8, 4) is 0 Å². The second-order valence-electron chi connectivity index (χ2n) is 5.95. The number of fused-ring (bicyclic) bond motifs is 3. The third-order valence-electron chi connectivity index (χ3n) is 3.71. The number of rotatable bonds is 0. The van der Waals surface area contributed by atoms with Crippen molar-refractivity contribution in [2.75, 3.05) is 0 Å². The molecule has 0 N–H and O–H groups in total. The SMILES string of the molecule is C[C](C)=[Ti+2].[C-]1=CC=CC1.c1ccc2c3c([cH-]c2c1)CCCC3. The van der Waals surface area contributed by atoms with E-state index in [0.29, 0.717) is 0 Å². The smallest absolute Gasteiger partial charge is 0.0456 e.